The molecule has 36 heavy (non-hydrogen) atoms. The highest BCUT2D eigenvalue weighted by molar-refractivity contribution is 5.90. The first-order valence-corrected chi connectivity index (χ1v) is 12.0. The van der Waals surface area contributed by atoms with Gasteiger partial charge in [0.05, 0.1) is 23.8 Å². The number of anilines is 4. The number of nitrogens with one attached hydrogen (secondary N) is 2. The minimum Gasteiger partial charge on any atom is -0.397 e. The summed E-state index contributed by atoms with van der Waals surface area (Å²) in [6, 6.07) is 19.8. The first-order valence-electron chi connectivity index (χ1n) is 12.0. The summed E-state index contributed by atoms with van der Waals surface area (Å²) in [6.07, 6.45) is 4.88. The average Bonchev–Trinajstić information content (AvgIpc) is 3.39. The van der Waals surface area contributed by atoms with Gasteiger partial charge >= 0.3 is 0 Å². The van der Waals surface area contributed by atoms with Crippen molar-refractivity contribution in [1.29, 1.82) is 0 Å². The second-order valence-electron chi connectivity index (χ2n) is 8.90. The summed E-state index contributed by atoms with van der Waals surface area (Å²) >= 11 is 0. The molecular formula is C27H26N8O. The van der Waals surface area contributed by atoms with Crippen molar-refractivity contribution in [3.05, 3.63) is 73.2 Å². The summed E-state index contributed by atoms with van der Waals surface area (Å²) in [5, 5.41) is 13.3. The van der Waals surface area contributed by atoms with Crippen LogP contribution in [-0.4, -0.2) is 49.2 Å². The molecule has 1 atom stereocenters. The molecule has 5 N–H and O–H groups in total. The second kappa shape index (κ2) is 9.27. The number of nitrogens with zero attached hydrogens (tertiary/aromatic N) is 5. The summed E-state index contributed by atoms with van der Waals surface area (Å²) in [4.78, 5) is 23.6. The number of benzene rings is 2. The van der Waals surface area contributed by atoms with Crippen LogP contribution in [0.5, 0.6) is 0 Å². The number of nitrogen functional groups attached to an aromatic ring is 1. The highest BCUT2D eigenvalue weighted by Gasteiger charge is 2.20. The van der Waals surface area contributed by atoms with Gasteiger partial charge in [0.25, 0.3) is 0 Å². The normalized spacial score (nSPS) is 15.8. The number of hydrogen-bond donors (Lipinski definition) is 4. The van der Waals surface area contributed by atoms with Gasteiger partial charge in [-0.25, -0.2) is 15.0 Å². The zero-order valence-electron chi connectivity index (χ0n) is 19.6. The van der Waals surface area contributed by atoms with Gasteiger partial charge in [-0.1, -0.05) is 42.5 Å². The van der Waals surface area contributed by atoms with E-state index in [1.165, 1.54) is 0 Å². The molecule has 1 unspecified atom stereocenters. The van der Waals surface area contributed by atoms with Crippen LogP contribution >= 0.6 is 0 Å². The van der Waals surface area contributed by atoms with E-state index in [1.807, 2.05) is 60.7 Å². The maximum atomic E-state index is 10.0. The van der Waals surface area contributed by atoms with Gasteiger partial charge in [0.15, 0.2) is 5.65 Å². The SMILES string of the molecule is Nc1c(Nc2nc(-c3ccc(N4CCCC(O)C4)nc3)c3[nH]cnc3n2)cccc1-c1ccccc1. The van der Waals surface area contributed by atoms with E-state index in [1.54, 1.807) is 12.5 Å². The van der Waals surface area contributed by atoms with Gasteiger partial charge < -0.3 is 26.0 Å². The number of nitrogens with two attached hydrogens (primary N) is 1. The Kier molecular flexibility index (Phi) is 5.67. The van der Waals surface area contributed by atoms with Gasteiger partial charge in [-0.2, -0.15) is 4.98 Å². The van der Waals surface area contributed by atoms with Crippen molar-refractivity contribution in [1.82, 2.24) is 24.9 Å². The van der Waals surface area contributed by atoms with Crippen molar-refractivity contribution in [3.63, 3.8) is 0 Å². The second-order valence-corrected chi connectivity index (χ2v) is 8.90. The molecule has 5 aromatic rings. The topological polar surface area (TPSA) is 129 Å². The fourth-order valence-electron chi connectivity index (χ4n) is 4.64. The molecule has 0 spiro atoms. The monoisotopic (exact) mass is 478 g/mol. The molecular weight excluding hydrogens is 452 g/mol. The van der Waals surface area contributed by atoms with Crippen LogP contribution in [-0.2, 0) is 0 Å². The quantitative estimate of drug-likeness (QED) is 0.274. The Hall–Kier alpha value is -4.50. The number of H-pyrrole nitrogens is 1. The van der Waals surface area contributed by atoms with E-state index >= 15 is 0 Å². The molecule has 1 aliphatic rings. The number of para-hydroxylation sites is 1. The molecule has 9 heteroatoms. The molecule has 1 fully saturated rings. The smallest absolute Gasteiger partial charge is 0.230 e. The minimum atomic E-state index is -0.312. The molecule has 0 saturated carbocycles. The predicted octanol–water partition coefficient (Wildman–Crippen LogP) is 4.37. The standard InChI is InChI=1S/C27H26N8O/c28-23-20(17-6-2-1-3-7-17)9-4-10-21(23)32-27-33-24(25-26(34-27)31-16-30-25)18-11-12-22(29-14-18)35-13-5-8-19(36)15-35/h1-4,6-7,9-12,14,16,19,36H,5,8,13,15,28H2,(H2,30,31,32,33,34). The van der Waals surface area contributed by atoms with E-state index in [0.717, 1.165) is 47.4 Å². The van der Waals surface area contributed by atoms with Gasteiger partial charge in [-0.15, -0.1) is 0 Å². The zero-order valence-corrected chi connectivity index (χ0v) is 19.6. The van der Waals surface area contributed by atoms with Crippen LogP contribution < -0.4 is 16.0 Å². The third-order valence-electron chi connectivity index (χ3n) is 6.46. The number of hydrogen-bond acceptors (Lipinski definition) is 8. The van der Waals surface area contributed by atoms with Crippen LogP contribution in [0.2, 0.25) is 0 Å². The van der Waals surface area contributed by atoms with E-state index < -0.39 is 0 Å². The first-order chi connectivity index (χ1) is 17.7. The Labute approximate surface area is 208 Å². The maximum absolute atomic E-state index is 10.0. The molecule has 0 bridgehead atoms. The largest absolute Gasteiger partial charge is 0.397 e. The van der Waals surface area contributed by atoms with Crippen LogP contribution in [0.3, 0.4) is 0 Å². The van der Waals surface area contributed by atoms with Crippen molar-refractivity contribution in [2.75, 3.05) is 29.0 Å². The molecule has 3 aromatic heterocycles. The van der Waals surface area contributed by atoms with Crippen molar-refractivity contribution >= 4 is 34.3 Å². The molecule has 0 radical (unpaired) electrons. The van der Waals surface area contributed by atoms with Crippen molar-refractivity contribution < 1.29 is 5.11 Å². The Bertz CT molecular complexity index is 1500. The highest BCUT2D eigenvalue weighted by Crippen LogP contribution is 2.34. The lowest BCUT2D eigenvalue weighted by atomic mass is 10.0. The van der Waals surface area contributed by atoms with Crippen LogP contribution in [0, 0.1) is 0 Å². The summed E-state index contributed by atoms with van der Waals surface area (Å²) in [7, 11) is 0. The average molecular weight is 479 g/mol. The lowest BCUT2D eigenvalue weighted by molar-refractivity contribution is 0.154. The number of aromatic amines is 1. The number of pyridine rings is 1. The van der Waals surface area contributed by atoms with Crippen LogP contribution in [0.1, 0.15) is 12.8 Å². The molecule has 1 saturated heterocycles. The maximum Gasteiger partial charge on any atom is 0.230 e. The molecule has 6 rings (SSSR count). The number of imidazole rings is 1. The van der Waals surface area contributed by atoms with Crippen LogP contribution in [0.15, 0.2) is 73.2 Å². The van der Waals surface area contributed by atoms with Crippen molar-refractivity contribution in [3.8, 4) is 22.4 Å². The number of β-amino-alcohol motifs (C(OH)–C–C–N with tert-alkyl or cyclic N) is 1. The van der Waals surface area contributed by atoms with Gasteiger partial charge in [0, 0.05) is 30.4 Å². The molecule has 2 aromatic carbocycles. The van der Waals surface area contributed by atoms with Crippen LogP contribution in [0.25, 0.3) is 33.5 Å². The number of rotatable bonds is 5. The summed E-state index contributed by atoms with van der Waals surface area (Å²) in [6.45, 7) is 1.49. The van der Waals surface area contributed by atoms with Crippen LogP contribution in [0.4, 0.5) is 23.1 Å². The van der Waals surface area contributed by atoms with E-state index in [2.05, 4.69) is 30.2 Å². The van der Waals surface area contributed by atoms with Gasteiger partial charge in [0.2, 0.25) is 5.95 Å². The molecule has 9 nitrogen and oxygen atoms in total. The number of aliphatic hydroxyl groups is 1. The predicted molar refractivity (Wildman–Crippen MR) is 142 cm³/mol. The Morgan fingerprint density at radius 1 is 0.972 bits per heavy atom. The van der Waals surface area contributed by atoms with Crippen molar-refractivity contribution in [2.45, 2.75) is 18.9 Å². The van der Waals surface area contributed by atoms with Gasteiger partial charge in [-0.05, 0) is 36.6 Å². The molecule has 180 valence electrons. The highest BCUT2D eigenvalue weighted by atomic mass is 16.3. The molecule has 4 heterocycles. The number of fused-ring (bicyclic) bond motifs is 1. The number of aliphatic hydroxyl groups excluding tert-OH is 1. The lowest BCUT2D eigenvalue weighted by Crippen LogP contribution is -2.38. The Morgan fingerprint density at radius 3 is 2.67 bits per heavy atom. The van der Waals surface area contributed by atoms with E-state index in [4.69, 9.17) is 10.7 Å². The Morgan fingerprint density at radius 2 is 1.86 bits per heavy atom. The third-order valence-corrected chi connectivity index (χ3v) is 6.46. The van der Waals surface area contributed by atoms with Crippen molar-refractivity contribution in [2.24, 2.45) is 0 Å². The van der Waals surface area contributed by atoms with E-state index in [0.29, 0.717) is 35.2 Å². The minimum absolute atomic E-state index is 0.312. The fraction of sp³-hybridized carbons (Fsp3) is 0.185. The summed E-state index contributed by atoms with van der Waals surface area (Å²) < 4.78 is 0. The number of aromatic nitrogens is 5. The summed E-state index contributed by atoms with van der Waals surface area (Å²) in [5.74, 6) is 1.24. The van der Waals surface area contributed by atoms with E-state index in [9.17, 15) is 5.11 Å². The number of piperidine rings is 1. The van der Waals surface area contributed by atoms with Gasteiger partial charge in [-0.3, -0.25) is 0 Å². The first kappa shape index (κ1) is 22.0. The van der Waals surface area contributed by atoms with Gasteiger partial charge in [0.1, 0.15) is 17.0 Å². The van der Waals surface area contributed by atoms with E-state index in [-0.39, 0.29) is 6.10 Å². The molecule has 0 aliphatic carbocycles. The zero-order chi connectivity index (χ0) is 24.5. The molecule has 0 amide bonds. The lowest BCUT2D eigenvalue weighted by Gasteiger charge is -2.31. The molecule has 1 aliphatic heterocycles. The third kappa shape index (κ3) is 4.20. The summed E-state index contributed by atoms with van der Waals surface area (Å²) in [5.41, 5.74) is 12.6. The Balaban J connectivity index is 1.33. The fourth-order valence-corrected chi connectivity index (χ4v) is 4.64.